The van der Waals surface area contributed by atoms with Crippen molar-refractivity contribution in [2.75, 3.05) is 6.54 Å². The summed E-state index contributed by atoms with van der Waals surface area (Å²) in [5.41, 5.74) is 10.5. The van der Waals surface area contributed by atoms with Crippen molar-refractivity contribution in [3.8, 4) is 0 Å². The third-order valence-electron chi connectivity index (χ3n) is 2.08. The normalized spacial score (nSPS) is 16.0. The Morgan fingerprint density at radius 2 is 1.75 bits per heavy atom. The fourth-order valence-corrected chi connectivity index (χ4v) is 0.972. The molecule has 0 aliphatic carbocycles. The fraction of sp³-hybridized carbons (Fsp3) is 0.750. The number of rotatable bonds is 6. The molecule has 0 bridgehead atoms. The van der Waals surface area contributed by atoms with E-state index in [2.05, 4.69) is 10.2 Å². The van der Waals surface area contributed by atoms with Crippen LogP contribution >= 0.6 is 23.2 Å². The number of alkyl halides is 2. The molecule has 0 fully saturated rings. The summed E-state index contributed by atoms with van der Waals surface area (Å²) in [6, 6.07) is 0. The van der Waals surface area contributed by atoms with Gasteiger partial charge in [-0.15, -0.1) is 0 Å². The third-order valence-corrected chi connectivity index (χ3v) is 2.88. The highest BCUT2D eigenvalue weighted by Crippen LogP contribution is 2.32. The lowest BCUT2D eigenvalue weighted by atomic mass is 10.1. The number of halogens is 2. The second-order valence-electron chi connectivity index (χ2n) is 3.55. The van der Waals surface area contributed by atoms with Crippen LogP contribution in [-0.4, -0.2) is 22.7 Å². The fourth-order valence-electron chi connectivity index (χ4n) is 0.630. The minimum atomic E-state index is -1.55. The van der Waals surface area contributed by atoms with Crippen LogP contribution in [0.3, 0.4) is 0 Å². The van der Waals surface area contributed by atoms with Gasteiger partial charge in [-0.25, -0.2) is 0 Å². The number of hydrogen-bond acceptors (Lipinski definition) is 4. The molecule has 0 aromatic rings. The van der Waals surface area contributed by atoms with E-state index >= 15 is 0 Å². The van der Waals surface area contributed by atoms with Crippen molar-refractivity contribution in [3.63, 3.8) is 0 Å². The van der Waals surface area contributed by atoms with Crippen LogP contribution < -0.4 is 11.5 Å². The summed E-state index contributed by atoms with van der Waals surface area (Å²) < 4.78 is -1.55. The average Bonchev–Trinajstić information content (AvgIpc) is 2.15. The van der Waals surface area contributed by atoms with E-state index in [9.17, 15) is 0 Å². The lowest BCUT2D eigenvalue weighted by molar-refractivity contribution is 0.601. The van der Waals surface area contributed by atoms with Crippen molar-refractivity contribution in [2.24, 2.45) is 33.5 Å². The maximum absolute atomic E-state index is 7.20. The Morgan fingerprint density at radius 3 is 2.12 bits per heavy atom. The van der Waals surface area contributed by atoms with E-state index in [0.29, 0.717) is 0 Å². The molecule has 0 aliphatic heterocycles. The molecule has 0 radical (unpaired) electrons. The molecule has 0 aromatic carbocycles. The molecule has 0 saturated carbocycles. The molecule has 0 aromatic heterocycles. The third kappa shape index (κ3) is 4.76. The van der Waals surface area contributed by atoms with Crippen LogP contribution in [0.1, 0.15) is 13.8 Å². The zero-order chi connectivity index (χ0) is 12.9. The van der Waals surface area contributed by atoms with Crippen molar-refractivity contribution in [1.29, 1.82) is 10.8 Å². The smallest absolute Gasteiger partial charge is 0.236 e. The predicted molar refractivity (Wildman–Crippen MR) is 66.3 cm³/mol. The quantitative estimate of drug-likeness (QED) is 0.192. The van der Waals surface area contributed by atoms with E-state index in [1.54, 1.807) is 13.8 Å². The standard InChI is InChI=1S/C8H16Cl2N6/c1-4(6(11)12)3-15-16-8(9,10)5(2)7(13)14/h4-5H,3H2,1-2H3,(H3,11,12)(H3,13,14). The van der Waals surface area contributed by atoms with Gasteiger partial charge in [-0.05, 0) is 0 Å². The largest absolute Gasteiger partial charge is 0.387 e. The maximum Gasteiger partial charge on any atom is 0.236 e. The van der Waals surface area contributed by atoms with E-state index < -0.39 is 10.4 Å². The minimum Gasteiger partial charge on any atom is -0.387 e. The van der Waals surface area contributed by atoms with Crippen molar-refractivity contribution in [2.45, 2.75) is 18.3 Å². The molecule has 8 heteroatoms. The highest BCUT2D eigenvalue weighted by atomic mass is 35.5. The highest BCUT2D eigenvalue weighted by Gasteiger charge is 2.33. The Bertz CT molecular complexity index is 301. The second kappa shape index (κ2) is 6.00. The van der Waals surface area contributed by atoms with Gasteiger partial charge in [0.15, 0.2) is 0 Å². The van der Waals surface area contributed by atoms with E-state index in [-0.39, 0.29) is 24.1 Å². The van der Waals surface area contributed by atoms with Crippen LogP contribution in [0.5, 0.6) is 0 Å². The zero-order valence-corrected chi connectivity index (χ0v) is 10.7. The molecule has 0 rings (SSSR count). The summed E-state index contributed by atoms with van der Waals surface area (Å²) in [7, 11) is 0. The Morgan fingerprint density at radius 1 is 1.25 bits per heavy atom. The Kier molecular flexibility index (Phi) is 5.67. The monoisotopic (exact) mass is 266 g/mol. The summed E-state index contributed by atoms with van der Waals surface area (Å²) >= 11 is 11.7. The summed E-state index contributed by atoms with van der Waals surface area (Å²) in [4.78, 5) is 0. The number of nitrogens with two attached hydrogens (primary N) is 2. The van der Waals surface area contributed by atoms with Crippen LogP contribution in [0.2, 0.25) is 0 Å². The summed E-state index contributed by atoms with van der Waals surface area (Å²) in [6.07, 6.45) is 0. The molecular formula is C8H16Cl2N6. The molecule has 0 spiro atoms. The van der Waals surface area contributed by atoms with Crippen LogP contribution in [0.15, 0.2) is 10.2 Å². The average molecular weight is 267 g/mol. The minimum absolute atomic E-state index is 0.0216. The lowest BCUT2D eigenvalue weighted by Gasteiger charge is -2.20. The van der Waals surface area contributed by atoms with Gasteiger partial charge in [0.25, 0.3) is 0 Å². The van der Waals surface area contributed by atoms with Crippen molar-refractivity contribution >= 4 is 34.9 Å². The Balaban J connectivity index is 4.42. The van der Waals surface area contributed by atoms with Gasteiger partial charge < -0.3 is 11.5 Å². The zero-order valence-electron chi connectivity index (χ0n) is 9.17. The van der Waals surface area contributed by atoms with Crippen molar-refractivity contribution < 1.29 is 0 Å². The second-order valence-corrected chi connectivity index (χ2v) is 4.89. The van der Waals surface area contributed by atoms with E-state index in [1.165, 1.54) is 0 Å². The molecule has 2 atom stereocenters. The lowest BCUT2D eigenvalue weighted by Crippen LogP contribution is -2.33. The van der Waals surface area contributed by atoms with Gasteiger partial charge in [-0.1, -0.05) is 37.0 Å². The molecular weight excluding hydrogens is 251 g/mol. The Hall–Kier alpha value is -0.880. The summed E-state index contributed by atoms with van der Waals surface area (Å²) in [5, 5.41) is 21.8. The van der Waals surface area contributed by atoms with Crippen LogP contribution in [0.4, 0.5) is 0 Å². The van der Waals surface area contributed by atoms with Gasteiger partial charge in [-0.3, -0.25) is 10.8 Å². The molecule has 0 saturated heterocycles. The maximum atomic E-state index is 7.20. The van der Waals surface area contributed by atoms with Crippen molar-refractivity contribution in [1.82, 2.24) is 0 Å². The molecule has 16 heavy (non-hydrogen) atoms. The molecule has 6 nitrogen and oxygen atoms in total. The van der Waals surface area contributed by atoms with Gasteiger partial charge in [0, 0.05) is 5.92 Å². The summed E-state index contributed by atoms with van der Waals surface area (Å²) in [5.74, 6) is -0.996. The number of azo groups is 1. The molecule has 0 amide bonds. The van der Waals surface area contributed by atoms with Gasteiger partial charge in [0.2, 0.25) is 4.46 Å². The van der Waals surface area contributed by atoms with E-state index in [4.69, 9.17) is 45.5 Å². The van der Waals surface area contributed by atoms with E-state index in [1.807, 2.05) is 0 Å². The van der Waals surface area contributed by atoms with Gasteiger partial charge in [0.05, 0.1) is 24.1 Å². The van der Waals surface area contributed by atoms with Gasteiger partial charge in [-0.2, -0.15) is 10.2 Å². The summed E-state index contributed by atoms with van der Waals surface area (Å²) in [6.45, 7) is 3.54. The number of nitrogens with zero attached hydrogens (tertiary/aromatic N) is 2. The van der Waals surface area contributed by atoms with Gasteiger partial charge >= 0.3 is 0 Å². The van der Waals surface area contributed by atoms with Crippen LogP contribution in [0.25, 0.3) is 0 Å². The molecule has 0 heterocycles. The predicted octanol–water partition coefficient (Wildman–Crippen LogP) is 1.71. The first kappa shape index (κ1) is 15.1. The highest BCUT2D eigenvalue weighted by molar-refractivity contribution is 6.49. The topological polar surface area (TPSA) is 124 Å². The van der Waals surface area contributed by atoms with E-state index in [0.717, 1.165) is 0 Å². The van der Waals surface area contributed by atoms with Crippen molar-refractivity contribution in [3.05, 3.63) is 0 Å². The first-order valence-corrected chi connectivity index (χ1v) is 5.38. The molecule has 2 unspecified atom stereocenters. The Labute approximate surface area is 104 Å². The number of nitrogens with one attached hydrogen (secondary N) is 2. The number of hydrogen-bond donors (Lipinski definition) is 4. The SMILES string of the molecule is CC(CN=NC(Cl)(Cl)C(C)C(=N)N)C(=N)N. The molecule has 0 aliphatic rings. The number of amidine groups is 2. The molecule has 92 valence electrons. The van der Waals surface area contributed by atoms with Gasteiger partial charge in [0.1, 0.15) is 0 Å². The first-order chi connectivity index (χ1) is 7.18. The molecule has 6 N–H and O–H groups in total. The first-order valence-electron chi connectivity index (χ1n) is 4.62. The van der Waals surface area contributed by atoms with Crippen LogP contribution in [0, 0.1) is 22.7 Å². The van der Waals surface area contributed by atoms with Crippen LogP contribution in [-0.2, 0) is 0 Å².